The molecule has 38 heavy (non-hydrogen) atoms. The summed E-state index contributed by atoms with van der Waals surface area (Å²) in [6.45, 7) is -0.555. The molecule has 0 heterocycles. The van der Waals surface area contributed by atoms with Gasteiger partial charge in [-0.15, -0.1) is 0 Å². The van der Waals surface area contributed by atoms with Crippen LogP contribution in [0.25, 0.3) is 0 Å². The molecule has 0 fully saturated rings. The summed E-state index contributed by atoms with van der Waals surface area (Å²) in [6.07, 6.45) is 2.41. The third-order valence-corrected chi connectivity index (χ3v) is 8.48. The number of carbonyl (C=O) groups is 1. The number of nitrogens with zero attached hydrogens (tertiary/aromatic N) is 1. The average Bonchev–Trinajstić information content (AvgIpc) is 2.92. The molecule has 202 valence electrons. The van der Waals surface area contributed by atoms with E-state index in [1.54, 1.807) is 7.11 Å². The molecule has 1 aliphatic carbocycles. The van der Waals surface area contributed by atoms with E-state index >= 15 is 0 Å². The Morgan fingerprint density at radius 1 is 1.03 bits per heavy atom. The summed E-state index contributed by atoms with van der Waals surface area (Å²) in [5.41, 5.74) is 2.07. The van der Waals surface area contributed by atoms with Gasteiger partial charge in [0.2, 0.25) is 5.91 Å². The maximum atomic E-state index is 13.9. The number of rotatable bonds is 9. The van der Waals surface area contributed by atoms with E-state index in [1.165, 1.54) is 44.6 Å². The van der Waals surface area contributed by atoms with Crippen molar-refractivity contribution in [2.75, 3.05) is 32.2 Å². The zero-order valence-electron chi connectivity index (χ0n) is 21.2. The number of hydrogen-bond donors (Lipinski definition) is 1. The van der Waals surface area contributed by atoms with Gasteiger partial charge in [0.25, 0.3) is 10.0 Å². The number of methoxy groups -OCH3 is 3. The molecule has 1 amide bonds. The van der Waals surface area contributed by atoms with Crippen LogP contribution in [0.1, 0.15) is 30.0 Å². The minimum Gasteiger partial charge on any atom is -0.497 e. The standard InChI is InChI=1S/C27H28ClFN2O6S/c1-35-19-8-10-21-17(13-19)5-4-6-24(21)30-27(32)16-31(18-7-11-23(29)22(28)14-18)38(33,34)20-9-12-25(36-2)26(15-20)37-3/h7-15,24H,4-6,16H2,1-3H3,(H,30,32). The number of anilines is 1. The second-order valence-corrected chi connectivity index (χ2v) is 11.0. The van der Waals surface area contributed by atoms with Gasteiger partial charge < -0.3 is 19.5 Å². The van der Waals surface area contributed by atoms with E-state index < -0.39 is 28.3 Å². The van der Waals surface area contributed by atoms with Gasteiger partial charge in [-0.1, -0.05) is 17.7 Å². The summed E-state index contributed by atoms with van der Waals surface area (Å²) in [7, 11) is 0.108. The first-order valence-corrected chi connectivity index (χ1v) is 13.7. The SMILES string of the molecule is COc1ccc2c(c1)CCCC2NC(=O)CN(c1ccc(F)c(Cl)c1)S(=O)(=O)c1ccc(OC)c(OC)c1. The number of nitrogens with one attached hydrogen (secondary N) is 1. The predicted octanol–water partition coefficient (Wildman–Crippen LogP) is 4.89. The van der Waals surface area contributed by atoms with Crippen LogP contribution in [0.3, 0.4) is 0 Å². The van der Waals surface area contributed by atoms with E-state index in [1.807, 2.05) is 18.2 Å². The monoisotopic (exact) mass is 562 g/mol. The summed E-state index contributed by atoms with van der Waals surface area (Å²) in [6, 6.07) is 13.0. The average molecular weight is 563 g/mol. The maximum absolute atomic E-state index is 13.9. The van der Waals surface area contributed by atoms with E-state index in [-0.39, 0.29) is 27.4 Å². The second-order valence-electron chi connectivity index (χ2n) is 8.70. The number of amides is 1. The lowest BCUT2D eigenvalue weighted by atomic mass is 9.87. The van der Waals surface area contributed by atoms with Crippen molar-refractivity contribution in [1.29, 1.82) is 0 Å². The van der Waals surface area contributed by atoms with E-state index in [0.717, 1.165) is 40.1 Å². The van der Waals surface area contributed by atoms with Crippen LogP contribution in [0.15, 0.2) is 59.5 Å². The fourth-order valence-corrected chi connectivity index (χ4v) is 6.10. The van der Waals surface area contributed by atoms with Gasteiger partial charge in [0.1, 0.15) is 18.1 Å². The third-order valence-electron chi connectivity index (χ3n) is 6.42. The topological polar surface area (TPSA) is 94.2 Å². The molecule has 1 atom stereocenters. The Hall–Kier alpha value is -3.50. The highest BCUT2D eigenvalue weighted by Gasteiger charge is 2.30. The summed E-state index contributed by atoms with van der Waals surface area (Å²) in [4.78, 5) is 13.1. The molecule has 3 aromatic carbocycles. The zero-order chi connectivity index (χ0) is 27.4. The molecule has 1 N–H and O–H groups in total. The van der Waals surface area contributed by atoms with Crippen LogP contribution in [0, 0.1) is 5.82 Å². The molecule has 0 saturated carbocycles. The molecule has 0 bridgehead atoms. The molecule has 8 nitrogen and oxygen atoms in total. The van der Waals surface area contributed by atoms with Crippen LogP contribution in [-0.2, 0) is 21.2 Å². The van der Waals surface area contributed by atoms with Gasteiger partial charge in [0.15, 0.2) is 11.5 Å². The van der Waals surface area contributed by atoms with Crippen molar-refractivity contribution in [3.63, 3.8) is 0 Å². The summed E-state index contributed by atoms with van der Waals surface area (Å²) in [5, 5.41) is 2.69. The van der Waals surface area contributed by atoms with Crippen molar-refractivity contribution in [1.82, 2.24) is 5.32 Å². The van der Waals surface area contributed by atoms with E-state index in [2.05, 4.69) is 5.32 Å². The van der Waals surface area contributed by atoms with Gasteiger partial charge in [-0.2, -0.15) is 0 Å². The molecule has 0 spiro atoms. The van der Waals surface area contributed by atoms with E-state index in [9.17, 15) is 17.6 Å². The molecule has 0 aliphatic heterocycles. The fraction of sp³-hybridized carbons (Fsp3) is 0.296. The van der Waals surface area contributed by atoms with Crippen LogP contribution in [0.2, 0.25) is 5.02 Å². The third kappa shape index (κ3) is 5.66. The van der Waals surface area contributed by atoms with Crippen molar-refractivity contribution in [2.24, 2.45) is 0 Å². The molecule has 3 aromatic rings. The molecular weight excluding hydrogens is 535 g/mol. The smallest absolute Gasteiger partial charge is 0.264 e. The number of fused-ring (bicyclic) bond motifs is 1. The highest BCUT2D eigenvalue weighted by molar-refractivity contribution is 7.92. The first-order valence-electron chi connectivity index (χ1n) is 11.8. The van der Waals surface area contributed by atoms with E-state index in [4.69, 9.17) is 25.8 Å². The first kappa shape index (κ1) is 27.5. The van der Waals surface area contributed by atoms with Crippen molar-refractivity contribution in [3.8, 4) is 17.2 Å². The molecule has 4 rings (SSSR count). The Morgan fingerprint density at radius 2 is 1.79 bits per heavy atom. The lowest BCUT2D eigenvalue weighted by Gasteiger charge is -2.29. The molecule has 0 saturated heterocycles. The number of sulfonamides is 1. The normalized spacial score (nSPS) is 14.8. The number of benzene rings is 3. The van der Waals surface area contributed by atoms with Gasteiger partial charge in [-0.25, -0.2) is 12.8 Å². The quantitative estimate of drug-likeness (QED) is 0.399. The fourth-order valence-electron chi connectivity index (χ4n) is 4.50. The summed E-state index contributed by atoms with van der Waals surface area (Å²) < 4.78 is 58.2. The van der Waals surface area contributed by atoms with Crippen LogP contribution in [0.5, 0.6) is 17.2 Å². The molecule has 1 unspecified atom stereocenters. The first-order chi connectivity index (χ1) is 18.2. The minimum atomic E-state index is -4.31. The van der Waals surface area contributed by atoms with Crippen LogP contribution < -0.4 is 23.8 Å². The number of hydrogen-bond acceptors (Lipinski definition) is 6. The molecular formula is C27H28ClFN2O6S. The highest BCUT2D eigenvalue weighted by atomic mass is 35.5. The summed E-state index contributed by atoms with van der Waals surface area (Å²) in [5.74, 6) is 0.0364. The van der Waals surface area contributed by atoms with Crippen molar-refractivity contribution in [2.45, 2.75) is 30.2 Å². The molecule has 0 radical (unpaired) electrons. The molecule has 1 aliphatic rings. The molecule has 0 aromatic heterocycles. The van der Waals surface area contributed by atoms with Crippen LogP contribution in [0.4, 0.5) is 10.1 Å². The minimum absolute atomic E-state index is 0.0371. The van der Waals surface area contributed by atoms with Crippen molar-refractivity contribution in [3.05, 3.63) is 76.6 Å². The second kappa shape index (κ2) is 11.5. The number of carbonyl (C=O) groups excluding carboxylic acids is 1. The van der Waals surface area contributed by atoms with Gasteiger partial charge in [0, 0.05) is 6.07 Å². The number of halogens is 2. The Morgan fingerprint density at radius 3 is 2.47 bits per heavy atom. The number of aryl methyl sites for hydroxylation is 1. The van der Waals surface area contributed by atoms with Gasteiger partial charge >= 0.3 is 0 Å². The largest absolute Gasteiger partial charge is 0.497 e. The lowest BCUT2D eigenvalue weighted by molar-refractivity contribution is -0.120. The van der Waals surface area contributed by atoms with Crippen LogP contribution in [-0.4, -0.2) is 42.2 Å². The summed E-state index contributed by atoms with van der Waals surface area (Å²) >= 11 is 5.97. The highest BCUT2D eigenvalue weighted by Crippen LogP contribution is 2.34. The predicted molar refractivity (Wildman–Crippen MR) is 142 cm³/mol. The maximum Gasteiger partial charge on any atom is 0.264 e. The van der Waals surface area contributed by atoms with Gasteiger partial charge in [-0.3, -0.25) is 9.10 Å². The van der Waals surface area contributed by atoms with Gasteiger partial charge in [-0.05, 0) is 72.9 Å². The van der Waals surface area contributed by atoms with Gasteiger partial charge in [0.05, 0.1) is 43.0 Å². The van der Waals surface area contributed by atoms with E-state index in [0.29, 0.717) is 12.2 Å². The number of ether oxygens (including phenoxy) is 3. The van der Waals surface area contributed by atoms with Crippen molar-refractivity contribution < 1.29 is 31.8 Å². The molecule has 11 heteroatoms. The zero-order valence-corrected chi connectivity index (χ0v) is 22.7. The van der Waals surface area contributed by atoms with Crippen molar-refractivity contribution >= 4 is 33.2 Å². The Balaban J connectivity index is 1.67. The Kier molecular flexibility index (Phi) is 8.32. The lowest BCUT2D eigenvalue weighted by Crippen LogP contribution is -2.42. The van der Waals surface area contributed by atoms with Crippen LogP contribution >= 0.6 is 11.6 Å². The Labute approximate surface area is 226 Å². The Bertz CT molecular complexity index is 1450.